The van der Waals surface area contributed by atoms with Gasteiger partial charge in [-0.05, 0) is 18.1 Å². The smallest absolute Gasteiger partial charge is 0.234 e. The lowest BCUT2D eigenvalue weighted by Crippen LogP contribution is -2.52. The van der Waals surface area contributed by atoms with Crippen LogP contribution in [-0.2, 0) is 10.3 Å². The fourth-order valence-electron chi connectivity index (χ4n) is 2.65. The van der Waals surface area contributed by atoms with E-state index in [2.05, 4.69) is 25.1 Å². The Labute approximate surface area is 89.2 Å². The van der Waals surface area contributed by atoms with Gasteiger partial charge in [0.25, 0.3) is 0 Å². The lowest BCUT2D eigenvalue weighted by molar-refractivity contribution is -0.136. The van der Waals surface area contributed by atoms with Crippen molar-refractivity contribution in [2.24, 2.45) is 0 Å². The van der Waals surface area contributed by atoms with Gasteiger partial charge < -0.3 is 4.90 Å². The predicted octanol–water partition coefficient (Wildman–Crippen LogP) is 2.03. The van der Waals surface area contributed by atoms with Crippen molar-refractivity contribution < 1.29 is 4.79 Å². The van der Waals surface area contributed by atoms with E-state index in [-0.39, 0.29) is 17.4 Å². The molecule has 2 atom stereocenters. The van der Waals surface area contributed by atoms with E-state index in [9.17, 15) is 4.79 Å². The van der Waals surface area contributed by atoms with Crippen LogP contribution in [0.25, 0.3) is 0 Å². The molecule has 0 saturated carbocycles. The quantitative estimate of drug-likeness (QED) is 0.585. The SMILES string of the molecule is CN1C(=O)C2C=CC1(C)c1ccccc12. The maximum absolute atomic E-state index is 12.0. The van der Waals surface area contributed by atoms with Gasteiger partial charge in [0, 0.05) is 7.05 Å². The number of benzene rings is 1. The van der Waals surface area contributed by atoms with Crippen molar-refractivity contribution in [3.05, 3.63) is 47.5 Å². The number of likely N-dealkylation sites (N-methyl/N-ethyl adjacent to an activating group) is 1. The van der Waals surface area contributed by atoms with Crippen LogP contribution < -0.4 is 0 Å². The zero-order valence-electron chi connectivity index (χ0n) is 8.90. The van der Waals surface area contributed by atoms with Crippen LogP contribution in [0.5, 0.6) is 0 Å². The first-order valence-corrected chi connectivity index (χ1v) is 5.21. The van der Waals surface area contributed by atoms with E-state index in [1.54, 1.807) is 0 Å². The molecule has 2 unspecified atom stereocenters. The maximum atomic E-state index is 12.0. The van der Waals surface area contributed by atoms with Gasteiger partial charge in [-0.25, -0.2) is 0 Å². The summed E-state index contributed by atoms with van der Waals surface area (Å²) in [7, 11) is 1.88. The molecule has 1 aromatic carbocycles. The summed E-state index contributed by atoms with van der Waals surface area (Å²) in [6.07, 6.45) is 4.17. The van der Waals surface area contributed by atoms with Gasteiger partial charge in [0.2, 0.25) is 5.91 Å². The Morgan fingerprint density at radius 3 is 2.87 bits per heavy atom. The molecular formula is C13H13NO. The fourth-order valence-corrected chi connectivity index (χ4v) is 2.65. The molecule has 2 heterocycles. The van der Waals surface area contributed by atoms with E-state index in [0.717, 1.165) is 0 Å². The average molecular weight is 199 g/mol. The van der Waals surface area contributed by atoms with Gasteiger partial charge in [-0.3, -0.25) is 4.79 Å². The summed E-state index contributed by atoms with van der Waals surface area (Å²) >= 11 is 0. The molecule has 1 aromatic rings. The lowest BCUT2D eigenvalue weighted by Gasteiger charge is -2.48. The Bertz CT molecular complexity index is 477. The fraction of sp³-hybridized carbons (Fsp3) is 0.308. The van der Waals surface area contributed by atoms with Crippen LogP contribution in [0, 0.1) is 0 Å². The standard InChI is InChI=1S/C13H13NO/c1-13-8-7-10(12(15)14(13)2)9-5-3-4-6-11(9)13/h3-8,10H,1-2H3. The summed E-state index contributed by atoms with van der Waals surface area (Å²) in [5, 5.41) is 0. The molecule has 1 aliphatic carbocycles. The number of rotatable bonds is 0. The zero-order valence-corrected chi connectivity index (χ0v) is 8.90. The first-order chi connectivity index (χ1) is 7.14. The summed E-state index contributed by atoms with van der Waals surface area (Å²) in [5.41, 5.74) is 2.19. The number of fused-ring (bicyclic) bond motifs is 1. The Kier molecular flexibility index (Phi) is 1.46. The molecule has 0 saturated heterocycles. The number of hydrogen-bond acceptors (Lipinski definition) is 1. The third-order valence-electron chi connectivity index (χ3n) is 3.75. The van der Waals surface area contributed by atoms with E-state index >= 15 is 0 Å². The van der Waals surface area contributed by atoms with Crippen LogP contribution >= 0.6 is 0 Å². The second-order valence-corrected chi connectivity index (χ2v) is 4.47. The summed E-state index contributed by atoms with van der Waals surface area (Å²) in [5.74, 6) is 0.145. The van der Waals surface area contributed by atoms with E-state index in [1.807, 2.05) is 30.2 Å². The second-order valence-electron chi connectivity index (χ2n) is 4.47. The Balaban J connectivity index is 2.34. The van der Waals surface area contributed by atoms with Crippen molar-refractivity contribution in [1.82, 2.24) is 4.90 Å². The Morgan fingerprint density at radius 1 is 1.33 bits per heavy atom. The Morgan fingerprint density at radius 2 is 2.07 bits per heavy atom. The minimum absolute atomic E-state index is 0.0620. The largest absolute Gasteiger partial charge is 0.332 e. The van der Waals surface area contributed by atoms with E-state index < -0.39 is 0 Å². The van der Waals surface area contributed by atoms with Crippen LogP contribution in [0.15, 0.2) is 36.4 Å². The van der Waals surface area contributed by atoms with E-state index in [0.29, 0.717) is 0 Å². The molecule has 3 aliphatic rings. The molecule has 2 heteroatoms. The molecule has 0 aromatic heterocycles. The third kappa shape index (κ3) is 0.870. The molecule has 0 radical (unpaired) electrons. The number of carbonyl (C=O) groups excluding carboxylic acids is 1. The molecule has 0 spiro atoms. The number of amides is 1. The highest BCUT2D eigenvalue weighted by atomic mass is 16.2. The maximum Gasteiger partial charge on any atom is 0.234 e. The highest BCUT2D eigenvalue weighted by molar-refractivity contribution is 5.91. The molecule has 0 N–H and O–H groups in total. The van der Waals surface area contributed by atoms with Gasteiger partial charge in [-0.1, -0.05) is 36.4 Å². The molecule has 2 aliphatic heterocycles. The molecule has 2 nitrogen and oxygen atoms in total. The van der Waals surface area contributed by atoms with Crippen molar-refractivity contribution >= 4 is 5.91 Å². The third-order valence-corrected chi connectivity index (χ3v) is 3.75. The van der Waals surface area contributed by atoms with E-state index in [1.165, 1.54) is 11.1 Å². The van der Waals surface area contributed by atoms with Gasteiger partial charge in [-0.2, -0.15) is 0 Å². The van der Waals surface area contributed by atoms with Gasteiger partial charge in [0.05, 0.1) is 11.5 Å². The summed E-state index contributed by atoms with van der Waals surface area (Å²) in [6.45, 7) is 2.09. The van der Waals surface area contributed by atoms with Crippen molar-refractivity contribution in [2.45, 2.75) is 18.4 Å². The molecule has 0 fully saturated rings. The molecular weight excluding hydrogens is 186 g/mol. The molecule has 76 valence electrons. The zero-order chi connectivity index (χ0) is 10.6. The van der Waals surface area contributed by atoms with Crippen LogP contribution in [-0.4, -0.2) is 17.9 Å². The topological polar surface area (TPSA) is 20.3 Å². The highest BCUT2D eigenvalue weighted by Crippen LogP contribution is 2.45. The Hall–Kier alpha value is -1.57. The van der Waals surface area contributed by atoms with Crippen molar-refractivity contribution in [1.29, 1.82) is 0 Å². The number of hydrogen-bond donors (Lipinski definition) is 0. The van der Waals surface area contributed by atoms with Crippen molar-refractivity contribution in [3.8, 4) is 0 Å². The predicted molar refractivity (Wildman–Crippen MR) is 58.4 cm³/mol. The second kappa shape index (κ2) is 2.51. The molecule has 2 bridgehead atoms. The highest BCUT2D eigenvalue weighted by Gasteiger charge is 2.46. The van der Waals surface area contributed by atoms with E-state index in [4.69, 9.17) is 0 Å². The van der Waals surface area contributed by atoms with Crippen molar-refractivity contribution in [3.63, 3.8) is 0 Å². The molecule has 15 heavy (non-hydrogen) atoms. The molecule has 1 amide bonds. The van der Waals surface area contributed by atoms with Gasteiger partial charge >= 0.3 is 0 Å². The molecule has 4 rings (SSSR count). The van der Waals surface area contributed by atoms with Gasteiger partial charge in [0.15, 0.2) is 0 Å². The van der Waals surface area contributed by atoms with Crippen LogP contribution in [0.3, 0.4) is 0 Å². The summed E-state index contributed by atoms with van der Waals surface area (Å²) in [6, 6.07) is 8.22. The first kappa shape index (κ1) is 8.72. The first-order valence-electron chi connectivity index (χ1n) is 5.21. The number of carbonyl (C=O) groups is 1. The minimum atomic E-state index is -0.248. The van der Waals surface area contributed by atoms with Gasteiger partial charge in [0.1, 0.15) is 0 Å². The number of nitrogens with zero attached hydrogens (tertiary/aromatic N) is 1. The normalized spacial score (nSPS) is 32.0. The lowest BCUT2D eigenvalue weighted by atomic mass is 9.72. The summed E-state index contributed by atoms with van der Waals surface area (Å²) < 4.78 is 0. The van der Waals surface area contributed by atoms with Crippen LogP contribution in [0.2, 0.25) is 0 Å². The summed E-state index contributed by atoms with van der Waals surface area (Å²) in [4.78, 5) is 13.9. The monoisotopic (exact) mass is 199 g/mol. The van der Waals surface area contributed by atoms with Crippen LogP contribution in [0.4, 0.5) is 0 Å². The van der Waals surface area contributed by atoms with Gasteiger partial charge in [-0.15, -0.1) is 0 Å². The van der Waals surface area contributed by atoms with Crippen LogP contribution in [0.1, 0.15) is 24.0 Å². The van der Waals surface area contributed by atoms with Crippen molar-refractivity contribution in [2.75, 3.05) is 7.05 Å². The average Bonchev–Trinajstić information content (AvgIpc) is 2.26. The minimum Gasteiger partial charge on any atom is -0.332 e.